The van der Waals surface area contributed by atoms with E-state index in [4.69, 9.17) is 11.6 Å². The maximum atomic E-state index is 12.0. The third-order valence-corrected chi connectivity index (χ3v) is 3.92. The van der Waals surface area contributed by atoms with Gasteiger partial charge in [-0.15, -0.1) is 0 Å². The lowest BCUT2D eigenvalue weighted by atomic mass is 9.85. The number of carbonyl (C=O) groups excluding carboxylic acids is 1. The van der Waals surface area contributed by atoms with Gasteiger partial charge >= 0.3 is 0 Å². The Hall–Kier alpha value is -0.820. The van der Waals surface area contributed by atoms with Crippen LogP contribution in [-0.2, 0) is 0 Å². The van der Waals surface area contributed by atoms with Crippen LogP contribution in [0.5, 0.6) is 0 Å². The summed E-state index contributed by atoms with van der Waals surface area (Å²) in [4.78, 5) is 12.0. The zero-order chi connectivity index (χ0) is 12.1. The molecule has 1 aliphatic rings. The van der Waals surface area contributed by atoms with Gasteiger partial charge in [-0.3, -0.25) is 4.79 Å². The van der Waals surface area contributed by atoms with Gasteiger partial charge in [0.05, 0.1) is 0 Å². The highest BCUT2D eigenvalue weighted by molar-refractivity contribution is 6.30. The highest BCUT2D eigenvalue weighted by Gasteiger charge is 2.15. The molecule has 0 unspecified atom stereocenters. The first-order valence-corrected chi connectivity index (χ1v) is 6.92. The molecule has 2 heteroatoms. The third kappa shape index (κ3) is 3.85. The van der Waals surface area contributed by atoms with Crippen molar-refractivity contribution in [2.45, 2.75) is 44.9 Å². The Morgan fingerprint density at radius 3 is 2.41 bits per heavy atom. The molecular weight excluding hydrogens is 232 g/mol. The Labute approximate surface area is 108 Å². The van der Waals surface area contributed by atoms with Gasteiger partial charge in [-0.1, -0.05) is 43.7 Å². The first kappa shape index (κ1) is 12.6. The second-order valence-electron chi connectivity index (χ2n) is 4.97. The van der Waals surface area contributed by atoms with Crippen LogP contribution < -0.4 is 0 Å². The molecule has 0 amide bonds. The van der Waals surface area contributed by atoms with Crippen molar-refractivity contribution in [3.05, 3.63) is 34.9 Å². The predicted molar refractivity (Wildman–Crippen MR) is 71.6 cm³/mol. The molecule has 0 heterocycles. The maximum absolute atomic E-state index is 12.0. The second-order valence-corrected chi connectivity index (χ2v) is 5.41. The van der Waals surface area contributed by atoms with Crippen molar-refractivity contribution in [2.24, 2.45) is 5.92 Å². The van der Waals surface area contributed by atoms with E-state index in [1.807, 2.05) is 12.1 Å². The summed E-state index contributed by atoms with van der Waals surface area (Å²) >= 11 is 5.80. The molecule has 1 fully saturated rings. The van der Waals surface area contributed by atoms with Crippen molar-refractivity contribution >= 4 is 17.4 Å². The summed E-state index contributed by atoms with van der Waals surface area (Å²) in [6, 6.07) is 7.22. The summed E-state index contributed by atoms with van der Waals surface area (Å²) in [5, 5.41) is 0.689. The largest absolute Gasteiger partial charge is 0.294 e. The van der Waals surface area contributed by atoms with Gasteiger partial charge in [-0.05, 0) is 36.6 Å². The highest BCUT2D eigenvalue weighted by Crippen LogP contribution is 2.27. The lowest BCUT2D eigenvalue weighted by Crippen LogP contribution is -2.09. The quantitative estimate of drug-likeness (QED) is 0.696. The van der Waals surface area contributed by atoms with Crippen LogP contribution in [0.15, 0.2) is 24.3 Å². The molecule has 1 aromatic carbocycles. The molecule has 0 radical (unpaired) electrons. The summed E-state index contributed by atoms with van der Waals surface area (Å²) in [7, 11) is 0. The molecular formula is C15H19ClO. The van der Waals surface area contributed by atoms with E-state index in [1.165, 1.54) is 32.1 Å². The SMILES string of the molecule is O=C(CCC1CCCCC1)c1ccc(Cl)cc1. The third-order valence-electron chi connectivity index (χ3n) is 3.67. The fraction of sp³-hybridized carbons (Fsp3) is 0.533. The monoisotopic (exact) mass is 250 g/mol. The fourth-order valence-electron chi connectivity index (χ4n) is 2.59. The molecule has 0 aromatic heterocycles. The Kier molecular flexibility index (Phi) is 4.61. The zero-order valence-electron chi connectivity index (χ0n) is 10.1. The molecule has 92 valence electrons. The van der Waals surface area contributed by atoms with Crippen LogP contribution in [0.3, 0.4) is 0 Å². The molecule has 0 aliphatic heterocycles. The van der Waals surface area contributed by atoms with Crippen molar-refractivity contribution < 1.29 is 4.79 Å². The summed E-state index contributed by atoms with van der Waals surface area (Å²) in [6.07, 6.45) is 8.44. The first-order valence-electron chi connectivity index (χ1n) is 6.54. The zero-order valence-corrected chi connectivity index (χ0v) is 10.9. The van der Waals surface area contributed by atoms with Crippen LogP contribution in [0, 0.1) is 5.92 Å². The molecule has 0 atom stereocenters. The van der Waals surface area contributed by atoms with E-state index in [0.29, 0.717) is 11.4 Å². The molecule has 0 saturated heterocycles. The van der Waals surface area contributed by atoms with E-state index in [9.17, 15) is 4.79 Å². The number of Topliss-reactive ketones (excluding diaryl/α,β-unsaturated/α-hetero) is 1. The van der Waals surface area contributed by atoms with E-state index >= 15 is 0 Å². The number of hydrogen-bond donors (Lipinski definition) is 0. The van der Waals surface area contributed by atoms with Crippen LogP contribution in [0.2, 0.25) is 5.02 Å². The smallest absolute Gasteiger partial charge is 0.162 e. The van der Waals surface area contributed by atoms with Gasteiger partial charge in [-0.2, -0.15) is 0 Å². The summed E-state index contributed by atoms with van der Waals surface area (Å²) in [6.45, 7) is 0. The second kappa shape index (κ2) is 6.20. The van der Waals surface area contributed by atoms with Crippen LogP contribution in [-0.4, -0.2) is 5.78 Å². The maximum Gasteiger partial charge on any atom is 0.162 e. The Morgan fingerprint density at radius 2 is 1.76 bits per heavy atom. The van der Waals surface area contributed by atoms with E-state index in [0.717, 1.165) is 17.9 Å². The van der Waals surface area contributed by atoms with E-state index in [1.54, 1.807) is 12.1 Å². The lowest BCUT2D eigenvalue weighted by Gasteiger charge is -2.20. The van der Waals surface area contributed by atoms with E-state index in [2.05, 4.69) is 0 Å². The first-order chi connectivity index (χ1) is 8.25. The van der Waals surface area contributed by atoms with Crippen LogP contribution in [0.25, 0.3) is 0 Å². The number of rotatable bonds is 4. The van der Waals surface area contributed by atoms with Crippen molar-refractivity contribution in [1.29, 1.82) is 0 Å². The topological polar surface area (TPSA) is 17.1 Å². The van der Waals surface area contributed by atoms with E-state index in [-0.39, 0.29) is 5.78 Å². The van der Waals surface area contributed by atoms with Gasteiger partial charge in [0.1, 0.15) is 0 Å². The minimum Gasteiger partial charge on any atom is -0.294 e. The van der Waals surface area contributed by atoms with Crippen LogP contribution >= 0.6 is 11.6 Å². The van der Waals surface area contributed by atoms with E-state index < -0.39 is 0 Å². The summed E-state index contributed by atoms with van der Waals surface area (Å²) in [5.74, 6) is 1.03. The molecule has 1 saturated carbocycles. The van der Waals surface area contributed by atoms with Crippen molar-refractivity contribution in [1.82, 2.24) is 0 Å². The molecule has 17 heavy (non-hydrogen) atoms. The number of hydrogen-bond acceptors (Lipinski definition) is 1. The molecule has 2 rings (SSSR count). The van der Waals surface area contributed by atoms with Gasteiger partial charge in [0.25, 0.3) is 0 Å². The van der Waals surface area contributed by atoms with Gasteiger partial charge in [0.2, 0.25) is 0 Å². The van der Waals surface area contributed by atoms with Gasteiger partial charge < -0.3 is 0 Å². The highest BCUT2D eigenvalue weighted by atomic mass is 35.5. The Morgan fingerprint density at radius 1 is 1.12 bits per heavy atom. The minimum absolute atomic E-state index is 0.257. The standard InChI is InChI=1S/C15H19ClO/c16-14-9-7-13(8-10-14)15(17)11-6-12-4-2-1-3-5-12/h7-10,12H,1-6,11H2. The minimum atomic E-state index is 0.257. The van der Waals surface area contributed by atoms with Crippen molar-refractivity contribution in [3.8, 4) is 0 Å². The molecule has 1 aromatic rings. The predicted octanol–water partition coefficient (Wildman–Crippen LogP) is 4.88. The lowest BCUT2D eigenvalue weighted by molar-refractivity contribution is 0.0970. The molecule has 0 N–H and O–H groups in total. The molecule has 0 bridgehead atoms. The number of ketones is 1. The summed E-state index contributed by atoms with van der Waals surface area (Å²) < 4.78 is 0. The number of benzene rings is 1. The Bertz CT molecular complexity index is 363. The van der Waals surface area contributed by atoms with Gasteiger partial charge in [0.15, 0.2) is 5.78 Å². The fourth-order valence-corrected chi connectivity index (χ4v) is 2.72. The van der Waals surface area contributed by atoms with Gasteiger partial charge in [-0.25, -0.2) is 0 Å². The van der Waals surface area contributed by atoms with Crippen molar-refractivity contribution in [3.63, 3.8) is 0 Å². The van der Waals surface area contributed by atoms with Crippen LogP contribution in [0.1, 0.15) is 55.3 Å². The molecule has 1 aliphatic carbocycles. The molecule has 1 nitrogen and oxygen atoms in total. The number of halogens is 1. The molecule has 0 spiro atoms. The average molecular weight is 251 g/mol. The van der Waals surface area contributed by atoms with Crippen LogP contribution in [0.4, 0.5) is 0 Å². The summed E-state index contributed by atoms with van der Waals surface area (Å²) in [5.41, 5.74) is 0.796. The van der Waals surface area contributed by atoms with Gasteiger partial charge in [0, 0.05) is 17.0 Å². The normalized spacial score (nSPS) is 17.0. The van der Waals surface area contributed by atoms with Crippen molar-refractivity contribution in [2.75, 3.05) is 0 Å². The Balaban J connectivity index is 1.82. The number of carbonyl (C=O) groups is 1. The average Bonchev–Trinajstić information content (AvgIpc) is 2.38.